The Morgan fingerprint density at radius 1 is 1.23 bits per heavy atom. The zero-order valence-corrected chi connectivity index (χ0v) is 15.1. The summed E-state index contributed by atoms with van der Waals surface area (Å²) in [5.41, 5.74) is 0.991. The first-order valence-corrected chi connectivity index (χ1v) is 8.87. The lowest BCUT2D eigenvalue weighted by Gasteiger charge is -2.24. The molecule has 1 amide bonds. The maximum Gasteiger partial charge on any atom is 0.295 e. The van der Waals surface area contributed by atoms with E-state index in [0.717, 1.165) is 12.8 Å². The third-order valence-corrected chi connectivity index (χ3v) is 4.59. The molecule has 1 aliphatic rings. The average molecular weight is 371 g/mol. The van der Waals surface area contributed by atoms with Crippen LogP contribution in [0, 0.1) is 0 Å². The molecule has 0 bridgehead atoms. The van der Waals surface area contributed by atoms with Crippen molar-refractivity contribution in [3.63, 3.8) is 0 Å². The van der Waals surface area contributed by atoms with Gasteiger partial charge in [-0.2, -0.15) is 0 Å². The molecule has 1 aliphatic heterocycles. The van der Waals surface area contributed by atoms with Crippen molar-refractivity contribution in [1.82, 2.24) is 9.88 Å². The maximum absolute atomic E-state index is 12.7. The van der Waals surface area contributed by atoms with E-state index in [1.807, 2.05) is 6.92 Å². The molecule has 1 fully saturated rings. The van der Waals surface area contributed by atoms with E-state index in [1.165, 1.54) is 4.90 Å². The molecule has 1 aromatic carbocycles. The molecule has 3 rings (SSSR count). The van der Waals surface area contributed by atoms with E-state index in [4.69, 9.17) is 11.6 Å². The van der Waals surface area contributed by atoms with Gasteiger partial charge in [-0.1, -0.05) is 43.1 Å². The highest BCUT2D eigenvalue weighted by Gasteiger charge is 2.46. The van der Waals surface area contributed by atoms with Gasteiger partial charge in [-0.15, -0.1) is 0 Å². The van der Waals surface area contributed by atoms with Crippen LogP contribution in [0.4, 0.5) is 0 Å². The number of hydrogen-bond donors (Lipinski definition) is 1. The summed E-state index contributed by atoms with van der Waals surface area (Å²) in [5.74, 6) is -1.55. The van der Waals surface area contributed by atoms with Crippen LogP contribution < -0.4 is 0 Å². The van der Waals surface area contributed by atoms with Gasteiger partial charge in [0.1, 0.15) is 11.8 Å². The minimum Gasteiger partial charge on any atom is -0.507 e. The molecule has 1 N–H and O–H groups in total. The number of amides is 1. The number of Topliss-reactive ketones (excluding diaryl/α,β-unsaturated/α-hetero) is 1. The zero-order chi connectivity index (χ0) is 18.7. The molecular weight excluding hydrogens is 352 g/mol. The van der Waals surface area contributed by atoms with Gasteiger partial charge in [-0.3, -0.25) is 14.6 Å². The zero-order valence-electron chi connectivity index (χ0n) is 14.4. The number of nitrogens with zero attached hydrogens (tertiary/aromatic N) is 2. The summed E-state index contributed by atoms with van der Waals surface area (Å²) in [7, 11) is 0. The number of unbranched alkanes of at least 4 members (excludes halogenated alkanes) is 1. The molecule has 5 nitrogen and oxygen atoms in total. The van der Waals surface area contributed by atoms with E-state index in [0.29, 0.717) is 22.8 Å². The number of carbonyl (C=O) groups excluding carboxylic acids is 2. The number of aliphatic hydroxyl groups is 1. The van der Waals surface area contributed by atoms with Crippen LogP contribution in [-0.4, -0.2) is 33.2 Å². The molecular formula is C20H19ClN2O3. The summed E-state index contributed by atoms with van der Waals surface area (Å²) >= 11 is 6.00. The molecule has 1 aromatic heterocycles. The SMILES string of the molecule is CCCCN1C(=O)C(=O)/C(=C(\O)c2cccc(Cl)c2)C1c1ccccn1. The lowest BCUT2D eigenvalue weighted by Crippen LogP contribution is -2.31. The number of benzene rings is 1. The van der Waals surface area contributed by atoms with Gasteiger partial charge in [-0.25, -0.2) is 0 Å². The molecule has 26 heavy (non-hydrogen) atoms. The Bertz CT molecular complexity index is 864. The summed E-state index contributed by atoms with van der Waals surface area (Å²) < 4.78 is 0. The van der Waals surface area contributed by atoms with Crippen molar-refractivity contribution < 1.29 is 14.7 Å². The Labute approximate surface area is 156 Å². The predicted molar refractivity (Wildman–Crippen MR) is 99.6 cm³/mol. The van der Waals surface area contributed by atoms with Crippen LogP contribution >= 0.6 is 11.6 Å². The number of pyridine rings is 1. The van der Waals surface area contributed by atoms with Crippen LogP contribution in [-0.2, 0) is 9.59 Å². The number of rotatable bonds is 5. The van der Waals surface area contributed by atoms with E-state index in [-0.39, 0.29) is 11.3 Å². The summed E-state index contributed by atoms with van der Waals surface area (Å²) in [6.07, 6.45) is 3.24. The van der Waals surface area contributed by atoms with Crippen LogP contribution in [0.1, 0.15) is 37.1 Å². The van der Waals surface area contributed by atoms with Crippen molar-refractivity contribution in [2.24, 2.45) is 0 Å². The van der Waals surface area contributed by atoms with E-state index in [2.05, 4.69) is 4.98 Å². The highest BCUT2D eigenvalue weighted by atomic mass is 35.5. The third kappa shape index (κ3) is 3.35. The van der Waals surface area contributed by atoms with Crippen molar-refractivity contribution in [3.8, 4) is 0 Å². The molecule has 2 aromatic rings. The first-order chi connectivity index (χ1) is 12.5. The Balaban J connectivity index is 2.16. The Kier molecular flexibility index (Phi) is 5.38. The van der Waals surface area contributed by atoms with Crippen molar-refractivity contribution in [1.29, 1.82) is 0 Å². The normalized spacial score (nSPS) is 19.2. The Hall–Kier alpha value is -2.66. The van der Waals surface area contributed by atoms with Crippen LogP contribution in [0.5, 0.6) is 0 Å². The van der Waals surface area contributed by atoms with Gasteiger partial charge < -0.3 is 10.0 Å². The van der Waals surface area contributed by atoms with Gasteiger partial charge in [0.05, 0.1) is 11.3 Å². The third-order valence-electron chi connectivity index (χ3n) is 4.36. The maximum atomic E-state index is 12.7. The number of ketones is 1. The van der Waals surface area contributed by atoms with Crippen LogP contribution in [0.25, 0.3) is 5.76 Å². The quantitative estimate of drug-likeness (QED) is 0.491. The summed E-state index contributed by atoms with van der Waals surface area (Å²) in [6.45, 7) is 2.44. The molecule has 0 saturated carbocycles. The van der Waals surface area contributed by atoms with Crippen molar-refractivity contribution in [3.05, 3.63) is 70.5 Å². The standard InChI is InChI=1S/C20H19ClN2O3/c1-2-3-11-23-17(15-9-4-5-10-22-15)16(19(25)20(23)26)18(24)13-7-6-8-14(21)12-13/h4-10,12,17,24H,2-3,11H2,1H3/b18-16-. The second-order valence-corrected chi connectivity index (χ2v) is 6.55. The number of halogens is 1. The second kappa shape index (κ2) is 7.70. The minimum absolute atomic E-state index is 0.0482. The van der Waals surface area contributed by atoms with Gasteiger partial charge in [0, 0.05) is 23.3 Å². The highest BCUT2D eigenvalue weighted by Crippen LogP contribution is 2.38. The fourth-order valence-electron chi connectivity index (χ4n) is 3.08. The van der Waals surface area contributed by atoms with Gasteiger partial charge in [-0.05, 0) is 30.7 Å². The average Bonchev–Trinajstić information content (AvgIpc) is 2.91. The van der Waals surface area contributed by atoms with Gasteiger partial charge in [0.2, 0.25) is 0 Å². The van der Waals surface area contributed by atoms with Gasteiger partial charge in [0.25, 0.3) is 11.7 Å². The monoisotopic (exact) mass is 370 g/mol. The van der Waals surface area contributed by atoms with Crippen LogP contribution in [0.3, 0.4) is 0 Å². The molecule has 0 spiro atoms. The highest BCUT2D eigenvalue weighted by molar-refractivity contribution is 6.46. The summed E-state index contributed by atoms with van der Waals surface area (Å²) in [6, 6.07) is 11.2. The summed E-state index contributed by atoms with van der Waals surface area (Å²) in [5, 5.41) is 11.2. The number of aromatic nitrogens is 1. The number of hydrogen-bond acceptors (Lipinski definition) is 4. The van der Waals surface area contributed by atoms with E-state index in [1.54, 1.807) is 48.7 Å². The van der Waals surface area contributed by atoms with E-state index >= 15 is 0 Å². The number of carbonyl (C=O) groups is 2. The number of likely N-dealkylation sites (tertiary alicyclic amines) is 1. The largest absolute Gasteiger partial charge is 0.507 e. The molecule has 1 unspecified atom stereocenters. The lowest BCUT2D eigenvalue weighted by atomic mass is 9.98. The Morgan fingerprint density at radius 3 is 2.69 bits per heavy atom. The predicted octanol–water partition coefficient (Wildman–Crippen LogP) is 3.96. The molecule has 134 valence electrons. The molecule has 0 aliphatic carbocycles. The molecule has 6 heteroatoms. The summed E-state index contributed by atoms with van der Waals surface area (Å²) in [4.78, 5) is 31.1. The fourth-order valence-corrected chi connectivity index (χ4v) is 3.27. The Morgan fingerprint density at radius 2 is 2.04 bits per heavy atom. The van der Waals surface area contributed by atoms with Crippen LogP contribution in [0.15, 0.2) is 54.2 Å². The second-order valence-electron chi connectivity index (χ2n) is 6.11. The first-order valence-electron chi connectivity index (χ1n) is 8.50. The molecule has 0 radical (unpaired) electrons. The van der Waals surface area contributed by atoms with E-state index < -0.39 is 17.7 Å². The van der Waals surface area contributed by atoms with E-state index in [9.17, 15) is 14.7 Å². The van der Waals surface area contributed by atoms with Crippen molar-refractivity contribution in [2.75, 3.05) is 6.54 Å². The molecule has 1 atom stereocenters. The lowest BCUT2D eigenvalue weighted by molar-refractivity contribution is -0.140. The van der Waals surface area contributed by atoms with Crippen LogP contribution in [0.2, 0.25) is 5.02 Å². The smallest absolute Gasteiger partial charge is 0.295 e. The van der Waals surface area contributed by atoms with Gasteiger partial charge >= 0.3 is 0 Å². The first kappa shape index (κ1) is 18.1. The van der Waals surface area contributed by atoms with Crippen molar-refractivity contribution in [2.45, 2.75) is 25.8 Å². The van der Waals surface area contributed by atoms with Crippen molar-refractivity contribution >= 4 is 29.1 Å². The topological polar surface area (TPSA) is 70.5 Å². The minimum atomic E-state index is -0.707. The molecule has 1 saturated heterocycles. The fraction of sp³-hybridized carbons (Fsp3) is 0.250. The van der Waals surface area contributed by atoms with Gasteiger partial charge in [0.15, 0.2) is 0 Å². The number of aliphatic hydroxyl groups excluding tert-OH is 1. The molecule has 2 heterocycles.